The molecule has 1 fully saturated rings. The minimum atomic E-state index is 0.296. The van der Waals surface area contributed by atoms with Crippen LogP contribution in [0.25, 0.3) is 0 Å². The predicted molar refractivity (Wildman–Crippen MR) is 84.3 cm³/mol. The van der Waals surface area contributed by atoms with E-state index in [9.17, 15) is 0 Å². The molecule has 0 aliphatic carbocycles. The number of hydrogen-bond acceptors (Lipinski definition) is 3. The van der Waals surface area contributed by atoms with E-state index in [0.29, 0.717) is 12.1 Å². The molecule has 0 bridgehead atoms. The highest BCUT2D eigenvalue weighted by molar-refractivity contribution is 6.30. The van der Waals surface area contributed by atoms with Crippen LogP contribution < -0.4 is 5.32 Å². The third kappa shape index (κ3) is 4.45. The van der Waals surface area contributed by atoms with Crippen LogP contribution in [0.5, 0.6) is 0 Å². The maximum absolute atomic E-state index is 5.94. The van der Waals surface area contributed by atoms with Crippen LogP contribution in [0.1, 0.15) is 31.9 Å². The number of benzene rings is 1. The molecule has 0 amide bonds. The molecule has 20 heavy (non-hydrogen) atoms. The van der Waals surface area contributed by atoms with Crippen LogP contribution >= 0.6 is 11.6 Å². The number of rotatable bonds is 6. The highest BCUT2D eigenvalue weighted by Gasteiger charge is 2.20. The minimum Gasteiger partial charge on any atom is -0.374 e. The summed E-state index contributed by atoms with van der Waals surface area (Å²) >= 11 is 5.94. The van der Waals surface area contributed by atoms with Crippen molar-refractivity contribution in [2.45, 2.75) is 32.4 Å². The van der Waals surface area contributed by atoms with Crippen molar-refractivity contribution >= 4 is 11.6 Å². The fourth-order valence-electron chi connectivity index (χ4n) is 2.66. The van der Waals surface area contributed by atoms with Gasteiger partial charge in [0, 0.05) is 30.7 Å². The zero-order valence-electron chi connectivity index (χ0n) is 12.4. The van der Waals surface area contributed by atoms with E-state index in [0.717, 1.165) is 44.2 Å². The average molecular weight is 297 g/mol. The van der Waals surface area contributed by atoms with E-state index in [4.69, 9.17) is 16.3 Å². The fourth-order valence-corrected chi connectivity index (χ4v) is 2.78. The molecule has 1 saturated heterocycles. The second kappa shape index (κ2) is 7.99. The summed E-state index contributed by atoms with van der Waals surface area (Å²) in [5, 5.41) is 4.41. The predicted octanol–water partition coefficient (Wildman–Crippen LogP) is 3.10. The lowest BCUT2D eigenvalue weighted by molar-refractivity contribution is -0.0264. The number of morpholine rings is 1. The first kappa shape index (κ1) is 15.8. The van der Waals surface area contributed by atoms with Gasteiger partial charge in [-0.15, -0.1) is 0 Å². The molecule has 1 aromatic carbocycles. The number of nitrogens with one attached hydrogen (secondary N) is 1. The standard InChI is InChI=1S/C16H25ClN2O/c1-3-16(13-5-7-14(17)8-6-13)18-11-15-12-19(4-2)9-10-20-15/h5-8,15-16,18H,3-4,9-12H2,1-2H3. The van der Waals surface area contributed by atoms with Gasteiger partial charge in [0.25, 0.3) is 0 Å². The first-order chi connectivity index (χ1) is 9.72. The molecule has 0 aromatic heterocycles. The summed E-state index contributed by atoms with van der Waals surface area (Å²) < 4.78 is 5.83. The highest BCUT2D eigenvalue weighted by Crippen LogP contribution is 2.19. The van der Waals surface area contributed by atoms with Gasteiger partial charge in [-0.05, 0) is 30.7 Å². The minimum absolute atomic E-state index is 0.296. The quantitative estimate of drug-likeness (QED) is 0.873. The molecule has 1 aromatic rings. The van der Waals surface area contributed by atoms with E-state index >= 15 is 0 Å². The lowest BCUT2D eigenvalue weighted by Gasteiger charge is -2.33. The van der Waals surface area contributed by atoms with Gasteiger partial charge in [-0.25, -0.2) is 0 Å². The van der Waals surface area contributed by atoms with Crippen LogP contribution in [0.3, 0.4) is 0 Å². The van der Waals surface area contributed by atoms with Crippen molar-refractivity contribution in [3.05, 3.63) is 34.9 Å². The second-order valence-electron chi connectivity index (χ2n) is 5.31. The lowest BCUT2D eigenvalue weighted by atomic mass is 10.0. The number of ether oxygens (including phenoxy) is 1. The van der Waals surface area contributed by atoms with Gasteiger partial charge in [-0.3, -0.25) is 4.90 Å². The summed E-state index contributed by atoms with van der Waals surface area (Å²) in [6.45, 7) is 9.34. The molecule has 4 heteroatoms. The molecule has 2 rings (SSSR count). The average Bonchev–Trinajstić information content (AvgIpc) is 2.50. The van der Waals surface area contributed by atoms with E-state index in [1.165, 1.54) is 5.56 Å². The summed E-state index contributed by atoms with van der Waals surface area (Å²) in [4.78, 5) is 2.44. The Morgan fingerprint density at radius 3 is 2.75 bits per heavy atom. The van der Waals surface area contributed by atoms with Crippen molar-refractivity contribution in [3.8, 4) is 0 Å². The molecule has 112 valence electrons. The number of hydrogen-bond donors (Lipinski definition) is 1. The maximum Gasteiger partial charge on any atom is 0.0826 e. The van der Waals surface area contributed by atoms with Crippen molar-refractivity contribution in [2.24, 2.45) is 0 Å². The Bertz CT molecular complexity index is 396. The molecule has 2 unspecified atom stereocenters. The molecule has 1 N–H and O–H groups in total. The Labute approximate surface area is 127 Å². The normalized spacial score (nSPS) is 21.9. The van der Waals surface area contributed by atoms with Crippen LogP contribution in [0.15, 0.2) is 24.3 Å². The van der Waals surface area contributed by atoms with Crippen molar-refractivity contribution in [1.82, 2.24) is 10.2 Å². The van der Waals surface area contributed by atoms with Crippen molar-refractivity contribution in [3.63, 3.8) is 0 Å². The van der Waals surface area contributed by atoms with Gasteiger partial charge in [0.2, 0.25) is 0 Å². The number of nitrogens with zero attached hydrogens (tertiary/aromatic N) is 1. The lowest BCUT2D eigenvalue weighted by Crippen LogP contribution is -2.46. The third-order valence-corrected chi connectivity index (χ3v) is 4.19. The zero-order chi connectivity index (χ0) is 14.4. The first-order valence-corrected chi connectivity index (χ1v) is 7.93. The van der Waals surface area contributed by atoms with Crippen LogP contribution in [0.4, 0.5) is 0 Å². The van der Waals surface area contributed by atoms with Crippen LogP contribution in [0, 0.1) is 0 Å². The molecule has 1 aliphatic heterocycles. The Balaban J connectivity index is 1.85. The Morgan fingerprint density at radius 2 is 2.10 bits per heavy atom. The Hall–Kier alpha value is -0.610. The summed E-state index contributed by atoms with van der Waals surface area (Å²) in [6, 6.07) is 8.48. The summed E-state index contributed by atoms with van der Waals surface area (Å²) in [6.07, 6.45) is 1.36. The first-order valence-electron chi connectivity index (χ1n) is 7.55. The van der Waals surface area contributed by atoms with Gasteiger partial charge in [-0.2, -0.15) is 0 Å². The topological polar surface area (TPSA) is 24.5 Å². The molecule has 1 heterocycles. The van der Waals surface area contributed by atoms with Crippen molar-refractivity contribution in [1.29, 1.82) is 0 Å². The molecule has 1 aliphatic rings. The van der Waals surface area contributed by atoms with Crippen LogP contribution in [0.2, 0.25) is 5.02 Å². The molecule has 0 spiro atoms. The van der Waals surface area contributed by atoms with Crippen molar-refractivity contribution < 1.29 is 4.74 Å². The molecule has 3 nitrogen and oxygen atoms in total. The van der Waals surface area contributed by atoms with Crippen molar-refractivity contribution in [2.75, 3.05) is 32.8 Å². The summed E-state index contributed by atoms with van der Waals surface area (Å²) in [5.74, 6) is 0. The molecule has 2 atom stereocenters. The smallest absolute Gasteiger partial charge is 0.0826 e. The highest BCUT2D eigenvalue weighted by atomic mass is 35.5. The van der Waals surface area contributed by atoms with E-state index in [2.05, 4.69) is 36.2 Å². The van der Waals surface area contributed by atoms with E-state index in [1.54, 1.807) is 0 Å². The maximum atomic E-state index is 5.94. The number of halogens is 1. The monoisotopic (exact) mass is 296 g/mol. The number of likely N-dealkylation sites (N-methyl/N-ethyl adjacent to an activating group) is 1. The largest absolute Gasteiger partial charge is 0.374 e. The van der Waals surface area contributed by atoms with Gasteiger partial charge >= 0.3 is 0 Å². The Kier molecular flexibility index (Phi) is 6.30. The molecular formula is C16H25ClN2O. The van der Waals surface area contributed by atoms with Gasteiger partial charge in [0.15, 0.2) is 0 Å². The van der Waals surface area contributed by atoms with Gasteiger partial charge in [0.05, 0.1) is 12.7 Å². The fraction of sp³-hybridized carbons (Fsp3) is 0.625. The second-order valence-corrected chi connectivity index (χ2v) is 5.74. The SMILES string of the molecule is CCC(NCC1CN(CC)CCO1)c1ccc(Cl)cc1. The zero-order valence-corrected chi connectivity index (χ0v) is 13.2. The Morgan fingerprint density at radius 1 is 1.35 bits per heavy atom. The summed E-state index contributed by atoms with van der Waals surface area (Å²) in [7, 11) is 0. The van der Waals surface area contributed by atoms with E-state index in [-0.39, 0.29) is 0 Å². The van der Waals surface area contributed by atoms with Crippen LogP contribution in [-0.4, -0.2) is 43.8 Å². The van der Waals surface area contributed by atoms with Gasteiger partial charge in [0.1, 0.15) is 0 Å². The molecular weight excluding hydrogens is 272 g/mol. The summed E-state index contributed by atoms with van der Waals surface area (Å²) in [5.41, 5.74) is 1.29. The van der Waals surface area contributed by atoms with Gasteiger partial charge < -0.3 is 10.1 Å². The molecule has 0 radical (unpaired) electrons. The van der Waals surface area contributed by atoms with Crippen LogP contribution in [-0.2, 0) is 4.74 Å². The molecule has 0 saturated carbocycles. The van der Waals surface area contributed by atoms with E-state index < -0.39 is 0 Å². The van der Waals surface area contributed by atoms with E-state index in [1.807, 2.05) is 12.1 Å². The third-order valence-electron chi connectivity index (χ3n) is 3.94. The van der Waals surface area contributed by atoms with Gasteiger partial charge in [-0.1, -0.05) is 37.6 Å².